The third-order valence-electron chi connectivity index (χ3n) is 4.26. The molecule has 0 spiro atoms. The van der Waals surface area contributed by atoms with E-state index in [1.165, 1.54) is 24.8 Å². The van der Waals surface area contributed by atoms with Gasteiger partial charge >= 0.3 is 0 Å². The third-order valence-corrected chi connectivity index (χ3v) is 4.26. The van der Waals surface area contributed by atoms with Gasteiger partial charge in [0.15, 0.2) is 0 Å². The van der Waals surface area contributed by atoms with Gasteiger partial charge in [0.05, 0.1) is 0 Å². The fraction of sp³-hybridized carbons (Fsp3) is 0.588. The zero-order valence-electron chi connectivity index (χ0n) is 12.7. The van der Waals surface area contributed by atoms with E-state index in [2.05, 4.69) is 13.0 Å². The van der Waals surface area contributed by atoms with Gasteiger partial charge in [0, 0.05) is 24.7 Å². The van der Waals surface area contributed by atoms with E-state index in [9.17, 15) is 4.79 Å². The molecule has 1 aliphatic rings. The highest BCUT2D eigenvalue weighted by Gasteiger charge is 2.26. The monoisotopic (exact) mass is 274 g/mol. The molecule has 1 fully saturated rings. The van der Waals surface area contributed by atoms with Crippen LogP contribution in [0.15, 0.2) is 18.2 Å². The summed E-state index contributed by atoms with van der Waals surface area (Å²) in [4.78, 5) is 14.8. The smallest absolute Gasteiger partial charge is 0.254 e. The number of benzene rings is 1. The summed E-state index contributed by atoms with van der Waals surface area (Å²) in [7, 11) is 0. The van der Waals surface area contributed by atoms with E-state index in [0.717, 1.165) is 24.0 Å². The van der Waals surface area contributed by atoms with Gasteiger partial charge in [0.1, 0.15) is 0 Å². The molecule has 0 saturated heterocycles. The number of nitrogens with two attached hydrogens (primary N) is 1. The predicted molar refractivity (Wildman–Crippen MR) is 82.9 cm³/mol. The molecule has 0 atom stereocenters. The van der Waals surface area contributed by atoms with Crippen LogP contribution in [0.1, 0.15) is 53.6 Å². The standard InChI is InChI=1S/C17H26N2O/c1-13-8-9-16(14(2)12-13)17(20)19(11-10-18)15-6-4-3-5-7-15/h8-9,12,15H,3-7,10-11,18H2,1-2H3. The second-order valence-electron chi connectivity index (χ2n) is 5.90. The molecule has 1 aromatic rings. The Morgan fingerprint density at radius 2 is 1.95 bits per heavy atom. The Bertz CT molecular complexity index is 464. The second-order valence-corrected chi connectivity index (χ2v) is 5.90. The highest BCUT2D eigenvalue weighted by Crippen LogP contribution is 2.24. The summed E-state index contributed by atoms with van der Waals surface area (Å²) in [5.41, 5.74) is 8.81. The average Bonchev–Trinajstić information content (AvgIpc) is 2.45. The van der Waals surface area contributed by atoms with Crippen molar-refractivity contribution in [1.82, 2.24) is 4.90 Å². The molecule has 1 saturated carbocycles. The summed E-state index contributed by atoms with van der Waals surface area (Å²) in [6.45, 7) is 5.27. The lowest BCUT2D eigenvalue weighted by molar-refractivity contribution is 0.0641. The van der Waals surface area contributed by atoms with Gasteiger partial charge in [-0.15, -0.1) is 0 Å². The largest absolute Gasteiger partial charge is 0.334 e. The summed E-state index contributed by atoms with van der Waals surface area (Å²) < 4.78 is 0. The van der Waals surface area contributed by atoms with Crippen molar-refractivity contribution in [3.63, 3.8) is 0 Å². The molecule has 20 heavy (non-hydrogen) atoms. The normalized spacial score (nSPS) is 16.1. The molecule has 0 bridgehead atoms. The number of carbonyl (C=O) groups is 1. The van der Waals surface area contributed by atoms with Crippen molar-refractivity contribution in [1.29, 1.82) is 0 Å². The Morgan fingerprint density at radius 3 is 2.55 bits per heavy atom. The number of hydrogen-bond donors (Lipinski definition) is 1. The number of aryl methyl sites for hydroxylation is 2. The molecule has 110 valence electrons. The lowest BCUT2D eigenvalue weighted by Crippen LogP contribution is -2.44. The van der Waals surface area contributed by atoms with E-state index >= 15 is 0 Å². The van der Waals surface area contributed by atoms with Gasteiger partial charge < -0.3 is 10.6 Å². The summed E-state index contributed by atoms with van der Waals surface area (Å²) in [6, 6.07) is 6.43. The van der Waals surface area contributed by atoms with Crippen LogP contribution in [0.25, 0.3) is 0 Å². The van der Waals surface area contributed by atoms with Gasteiger partial charge in [-0.25, -0.2) is 0 Å². The van der Waals surface area contributed by atoms with Crippen molar-refractivity contribution in [3.05, 3.63) is 34.9 Å². The van der Waals surface area contributed by atoms with Crippen molar-refractivity contribution in [2.75, 3.05) is 13.1 Å². The first-order valence-corrected chi connectivity index (χ1v) is 7.71. The van der Waals surface area contributed by atoms with Crippen molar-refractivity contribution in [2.24, 2.45) is 5.73 Å². The molecule has 0 aromatic heterocycles. The Labute approximate surface area is 122 Å². The molecule has 1 aliphatic carbocycles. The van der Waals surface area contributed by atoms with Crippen LogP contribution in [0.3, 0.4) is 0 Å². The molecule has 0 unspecified atom stereocenters. The van der Waals surface area contributed by atoms with Gasteiger partial charge in [-0.2, -0.15) is 0 Å². The first kappa shape index (κ1) is 15.0. The van der Waals surface area contributed by atoms with E-state index in [-0.39, 0.29) is 5.91 Å². The molecule has 2 rings (SSSR count). The molecular formula is C17H26N2O. The highest BCUT2D eigenvalue weighted by atomic mass is 16.2. The summed E-state index contributed by atoms with van der Waals surface area (Å²) in [5.74, 6) is 0.153. The molecule has 3 heteroatoms. The van der Waals surface area contributed by atoms with Crippen LogP contribution < -0.4 is 5.73 Å². The molecule has 1 amide bonds. The van der Waals surface area contributed by atoms with Gasteiger partial charge in [0.2, 0.25) is 0 Å². The van der Waals surface area contributed by atoms with E-state index in [1.54, 1.807) is 0 Å². The van der Waals surface area contributed by atoms with E-state index < -0.39 is 0 Å². The van der Waals surface area contributed by atoms with E-state index in [4.69, 9.17) is 5.73 Å². The predicted octanol–water partition coefficient (Wildman–Crippen LogP) is 3.04. The van der Waals surface area contributed by atoms with Gasteiger partial charge in [-0.1, -0.05) is 37.0 Å². The van der Waals surface area contributed by atoms with Crippen molar-refractivity contribution < 1.29 is 4.79 Å². The van der Waals surface area contributed by atoms with Crippen LogP contribution in [0.2, 0.25) is 0 Å². The summed E-state index contributed by atoms with van der Waals surface area (Å²) >= 11 is 0. The van der Waals surface area contributed by atoms with Crippen LogP contribution in [-0.4, -0.2) is 29.9 Å². The fourth-order valence-electron chi connectivity index (χ4n) is 3.19. The van der Waals surface area contributed by atoms with E-state index in [0.29, 0.717) is 19.1 Å². The zero-order valence-corrected chi connectivity index (χ0v) is 12.7. The molecule has 0 heterocycles. The van der Waals surface area contributed by atoms with Crippen LogP contribution in [-0.2, 0) is 0 Å². The zero-order chi connectivity index (χ0) is 14.5. The molecule has 0 radical (unpaired) electrons. The Kier molecular flexibility index (Phi) is 5.18. The highest BCUT2D eigenvalue weighted by molar-refractivity contribution is 5.96. The maximum atomic E-state index is 12.8. The lowest BCUT2D eigenvalue weighted by atomic mass is 9.93. The molecule has 1 aromatic carbocycles. The quantitative estimate of drug-likeness (QED) is 0.917. The number of nitrogens with zero attached hydrogens (tertiary/aromatic N) is 1. The van der Waals surface area contributed by atoms with Crippen LogP contribution in [0.5, 0.6) is 0 Å². The molecule has 0 aliphatic heterocycles. The number of rotatable bonds is 4. The average molecular weight is 274 g/mol. The number of amides is 1. The minimum atomic E-state index is 0.153. The second kappa shape index (κ2) is 6.89. The minimum absolute atomic E-state index is 0.153. The van der Waals surface area contributed by atoms with Crippen LogP contribution in [0.4, 0.5) is 0 Å². The van der Waals surface area contributed by atoms with Gasteiger partial charge in [-0.05, 0) is 38.3 Å². The van der Waals surface area contributed by atoms with Gasteiger partial charge in [-0.3, -0.25) is 4.79 Å². The van der Waals surface area contributed by atoms with Crippen molar-refractivity contribution in [3.8, 4) is 0 Å². The minimum Gasteiger partial charge on any atom is -0.334 e. The topological polar surface area (TPSA) is 46.3 Å². The summed E-state index contributed by atoms with van der Waals surface area (Å²) in [6.07, 6.45) is 6.00. The van der Waals surface area contributed by atoms with Crippen LogP contribution in [0, 0.1) is 13.8 Å². The third kappa shape index (κ3) is 3.40. The number of hydrogen-bond acceptors (Lipinski definition) is 2. The van der Waals surface area contributed by atoms with Crippen molar-refractivity contribution in [2.45, 2.75) is 52.0 Å². The summed E-state index contributed by atoms with van der Waals surface area (Å²) in [5, 5.41) is 0. The maximum absolute atomic E-state index is 12.8. The Hall–Kier alpha value is -1.35. The lowest BCUT2D eigenvalue weighted by Gasteiger charge is -2.34. The van der Waals surface area contributed by atoms with Crippen molar-refractivity contribution >= 4 is 5.91 Å². The Morgan fingerprint density at radius 1 is 1.25 bits per heavy atom. The number of carbonyl (C=O) groups excluding carboxylic acids is 1. The molecular weight excluding hydrogens is 248 g/mol. The SMILES string of the molecule is Cc1ccc(C(=O)N(CCN)C2CCCCC2)c(C)c1. The van der Waals surface area contributed by atoms with Gasteiger partial charge in [0.25, 0.3) is 5.91 Å². The molecule has 2 N–H and O–H groups in total. The fourth-order valence-corrected chi connectivity index (χ4v) is 3.19. The van der Waals surface area contributed by atoms with E-state index in [1.807, 2.05) is 24.0 Å². The first-order chi connectivity index (χ1) is 9.63. The first-order valence-electron chi connectivity index (χ1n) is 7.71. The molecule has 3 nitrogen and oxygen atoms in total. The van der Waals surface area contributed by atoms with Crippen LogP contribution >= 0.6 is 0 Å². The Balaban J connectivity index is 2.21. The maximum Gasteiger partial charge on any atom is 0.254 e.